The molecule has 0 bridgehead atoms. The molecule has 3 N–H and O–H groups in total. The first-order valence-electron chi connectivity index (χ1n) is 9.33. The topological polar surface area (TPSA) is 70.8 Å². The fourth-order valence-corrected chi connectivity index (χ4v) is 4.09. The number of aryl methyl sites for hydroxylation is 1. The molecule has 1 saturated heterocycles. The Balaban J connectivity index is 1.53. The Morgan fingerprint density at radius 1 is 1.24 bits per heavy atom. The Bertz CT molecular complexity index is 654. The van der Waals surface area contributed by atoms with Crippen molar-refractivity contribution in [2.75, 3.05) is 23.7 Å². The average molecular weight is 362 g/mol. The largest absolute Gasteiger partial charge is 0.368 e. The standard InChI is InChI=1S/C19H28ClN5/c1-2-4-16-13-25(19-22-18(21)23-24-19)12-11-15(16)6-3-5-14-7-9-17(20)10-8-14/h7-10,15-16H,2-6,11-13H2,1H3,(H3,21,22,23,24). The number of rotatable bonds is 7. The van der Waals surface area contributed by atoms with Gasteiger partial charge in [-0.1, -0.05) is 37.1 Å². The van der Waals surface area contributed by atoms with Crippen molar-refractivity contribution in [1.29, 1.82) is 0 Å². The molecule has 136 valence electrons. The number of hydrogen-bond donors (Lipinski definition) is 2. The van der Waals surface area contributed by atoms with Crippen LogP contribution in [0.2, 0.25) is 5.02 Å². The highest BCUT2D eigenvalue weighted by Crippen LogP contribution is 2.32. The summed E-state index contributed by atoms with van der Waals surface area (Å²) in [6.07, 6.45) is 7.36. The normalized spacial score (nSPS) is 20.8. The molecule has 3 rings (SSSR count). The van der Waals surface area contributed by atoms with Crippen LogP contribution in [0.25, 0.3) is 0 Å². The van der Waals surface area contributed by atoms with E-state index in [-0.39, 0.29) is 0 Å². The number of halogens is 1. The first-order valence-corrected chi connectivity index (χ1v) is 9.70. The molecule has 0 amide bonds. The number of benzene rings is 1. The van der Waals surface area contributed by atoms with Crippen molar-refractivity contribution in [3.05, 3.63) is 34.9 Å². The second-order valence-corrected chi connectivity index (χ2v) is 7.52. The molecule has 2 unspecified atom stereocenters. The Morgan fingerprint density at radius 2 is 2.04 bits per heavy atom. The molecule has 0 aliphatic carbocycles. The minimum absolute atomic E-state index is 0.395. The van der Waals surface area contributed by atoms with Gasteiger partial charge in [-0.25, -0.2) is 5.10 Å². The number of piperidine rings is 1. The molecule has 0 radical (unpaired) electrons. The van der Waals surface area contributed by atoms with E-state index in [0.717, 1.165) is 36.4 Å². The van der Waals surface area contributed by atoms with E-state index in [2.05, 4.69) is 39.1 Å². The Labute approximate surface area is 155 Å². The van der Waals surface area contributed by atoms with Crippen LogP contribution in [-0.2, 0) is 6.42 Å². The Kier molecular flexibility index (Phi) is 6.19. The van der Waals surface area contributed by atoms with Crippen LogP contribution in [0.5, 0.6) is 0 Å². The van der Waals surface area contributed by atoms with Crippen LogP contribution in [-0.4, -0.2) is 28.3 Å². The van der Waals surface area contributed by atoms with Gasteiger partial charge in [-0.2, -0.15) is 4.98 Å². The molecule has 1 fully saturated rings. The van der Waals surface area contributed by atoms with E-state index < -0.39 is 0 Å². The minimum Gasteiger partial charge on any atom is -0.368 e. The van der Waals surface area contributed by atoms with Crippen LogP contribution in [0, 0.1) is 11.8 Å². The number of nitrogens with one attached hydrogen (secondary N) is 1. The van der Waals surface area contributed by atoms with Crippen LogP contribution < -0.4 is 10.6 Å². The predicted octanol–water partition coefficient (Wildman–Crippen LogP) is 4.31. The second-order valence-electron chi connectivity index (χ2n) is 7.08. The molecule has 2 atom stereocenters. The highest BCUT2D eigenvalue weighted by atomic mass is 35.5. The predicted molar refractivity (Wildman–Crippen MR) is 104 cm³/mol. The van der Waals surface area contributed by atoms with E-state index in [9.17, 15) is 0 Å². The zero-order valence-corrected chi connectivity index (χ0v) is 15.7. The Hall–Kier alpha value is -1.75. The zero-order valence-electron chi connectivity index (χ0n) is 14.9. The van der Waals surface area contributed by atoms with Crippen LogP contribution >= 0.6 is 11.6 Å². The molecule has 1 aromatic carbocycles. The first-order chi connectivity index (χ1) is 12.2. The monoisotopic (exact) mass is 361 g/mol. The first kappa shape index (κ1) is 18.1. The lowest BCUT2D eigenvalue weighted by Gasteiger charge is -2.38. The molecule has 2 heterocycles. The molecule has 25 heavy (non-hydrogen) atoms. The summed E-state index contributed by atoms with van der Waals surface area (Å²) in [7, 11) is 0. The number of nitrogens with zero attached hydrogens (tertiary/aromatic N) is 3. The molecule has 2 aromatic rings. The van der Waals surface area contributed by atoms with Gasteiger partial charge in [-0.15, -0.1) is 5.10 Å². The molecule has 0 saturated carbocycles. The van der Waals surface area contributed by atoms with Crippen LogP contribution in [0.4, 0.5) is 11.9 Å². The summed E-state index contributed by atoms with van der Waals surface area (Å²) in [6, 6.07) is 8.25. The summed E-state index contributed by atoms with van der Waals surface area (Å²) in [4.78, 5) is 6.57. The van der Waals surface area contributed by atoms with Crippen molar-refractivity contribution in [3.63, 3.8) is 0 Å². The summed E-state index contributed by atoms with van der Waals surface area (Å²) in [5.41, 5.74) is 7.05. The van der Waals surface area contributed by atoms with Gasteiger partial charge in [0.15, 0.2) is 0 Å². The lowest BCUT2D eigenvalue weighted by Crippen LogP contribution is -2.41. The highest BCUT2D eigenvalue weighted by Gasteiger charge is 2.29. The fraction of sp³-hybridized carbons (Fsp3) is 0.579. The number of aromatic nitrogens is 3. The maximum absolute atomic E-state index is 5.96. The number of aromatic amines is 1. The van der Waals surface area contributed by atoms with Gasteiger partial charge in [0.25, 0.3) is 0 Å². The fourth-order valence-electron chi connectivity index (χ4n) is 3.97. The lowest BCUT2D eigenvalue weighted by molar-refractivity contribution is 0.242. The summed E-state index contributed by atoms with van der Waals surface area (Å²) >= 11 is 5.96. The third-order valence-electron chi connectivity index (χ3n) is 5.28. The summed E-state index contributed by atoms with van der Waals surface area (Å²) < 4.78 is 0. The summed E-state index contributed by atoms with van der Waals surface area (Å²) in [6.45, 7) is 4.33. The van der Waals surface area contributed by atoms with Crippen molar-refractivity contribution in [1.82, 2.24) is 15.2 Å². The molecular weight excluding hydrogens is 334 g/mol. The number of H-pyrrole nitrogens is 1. The molecule has 5 nitrogen and oxygen atoms in total. The summed E-state index contributed by atoms with van der Waals surface area (Å²) in [5, 5.41) is 7.78. The highest BCUT2D eigenvalue weighted by molar-refractivity contribution is 6.30. The summed E-state index contributed by atoms with van der Waals surface area (Å²) in [5.74, 6) is 2.65. The molecular formula is C19H28ClN5. The van der Waals surface area contributed by atoms with Gasteiger partial charge < -0.3 is 10.6 Å². The maximum atomic E-state index is 5.96. The van der Waals surface area contributed by atoms with E-state index in [1.54, 1.807) is 0 Å². The number of anilines is 2. The van der Waals surface area contributed by atoms with E-state index in [0.29, 0.717) is 11.9 Å². The van der Waals surface area contributed by atoms with Crippen LogP contribution in [0.3, 0.4) is 0 Å². The lowest BCUT2D eigenvalue weighted by atomic mass is 9.79. The molecule has 1 aromatic heterocycles. The van der Waals surface area contributed by atoms with Gasteiger partial charge in [-0.05, 0) is 61.6 Å². The zero-order chi connectivity index (χ0) is 17.6. The smallest absolute Gasteiger partial charge is 0.246 e. The van der Waals surface area contributed by atoms with Crippen molar-refractivity contribution in [2.24, 2.45) is 11.8 Å². The molecule has 1 aliphatic heterocycles. The van der Waals surface area contributed by atoms with E-state index in [1.807, 2.05) is 12.1 Å². The van der Waals surface area contributed by atoms with Gasteiger partial charge in [0, 0.05) is 18.1 Å². The van der Waals surface area contributed by atoms with Gasteiger partial charge in [0.1, 0.15) is 0 Å². The number of nitrogen functional groups attached to an aromatic ring is 1. The average Bonchev–Trinajstić information content (AvgIpc) is 3.04. The second kappa shape index (κ2) is 8.56. The van der Waals surface area contributed by atoms with Gasteiger partial charge >= 0.3 is 0 Å². The SMILES string of the molecule is CCCC1CN(c2n[nH]c(N)n2)CCC1CCCc1ccc(Cl)cc1. The van der Waals surface area contributed by atoms with Crippen molar-refractivity contribution < 1.29 is 0 Å². The molecule has 1 aliphatic rings. The number of hydrogen-bond acceptors (Lipinski definition) is 4. The van der Waals surface area contributed by atoms with Crippen molar-refractivity contribution >= 4 is 23.5 Å². The van der Waals surface area contributed by atoms with Gasteiger partial charge in [0.05, 0.1) is 0 Å². The van der Waals surface area contributed by atoms with Crippen LogP contribution in [0.15, 0.2) is 24.3 Å². The minimum atomic E-state index is 0.395. The molecule has 6 heteroatoms. The molecule has 0 spiro atoms. The van der Waals surface area contributed by atoms with Crippen LogP contribution in [0.1, 0.15) is 44.6 Å². The number of nitrogens with two attached hydrogens (primary N) is 1. The van der Waals surface area contributed by atoms with Crippen molar-refractivity contribution in [2.45, 2.75) is 45.4 Å². The third kappa shape index (κ3) is 4.88. The third-order valence-corrected chi connectivity index (χ3v) is 5.53. The van der Waals surface area contributed by atoms with E-state index in [1.165, 1.54) is 37.7 Å². The van der Waals surface area contributed by atoms with Gasteiger partial charge in [-0.3, -0.25) is 0 Å². The Morgan fingerprint density at radius 3 is 2.72 bits per heavy atom. The maximum Gasteiger partial charge on any atom is 0.246 e. The van der Waals surface area contributed by atoms with Crippen molar-refractivity contribution in [3.8, 4) is 0 Å². The quantitative estimate of drug-likeness (QED) is 0.771. The van der Waals surface area contributed by atoms with E-state index >= 15 is 0 Å². The van der Waals surface area contributed by atoms with Gasteiger partial charge in [0.2, 0.25) is 11.9 Å². The van der Waals surface area contributed by atoms with E-state index in [4.69, 9.17) is 17.3 Å².